The SMILES string of the molecule is CCc1c(Cc2cc(C)cc(C)c2)n(COCC#Cc2cccc(O[Si](c3ccccc3)(c3ccccc3)C(C)(C)C)c2)c(=O)[nH]c1=O. The van der Waals surface area contributed by atoms with Gasteiger partial charge in [0.05, 0.1) is 0 Å². The van der Waals surface area contributed by atoms with Gasteiger partial charge in [0.2, 0.25) is 0 Å². The molecule has 0 aliphatic rings. The van der Waals surface area contributed by atoms with Crippen molar-refractivity contribution >= 4 is 18.7 Å². The second-order valence-corrected chi connectivity index (χ2v) is 17.4. The number of nitrogens with one attached hydrogen (secondary N) is 1. The van der Waals surface area contributed by atoms with Crippen molar-refractivity contribution in [1.82, 2.24) is 9.55 Å². The van der Waals surface area contributed by atoms with Crippen LogP contribution in [0, 0.1) is 25.7 Å². The van der Waals surface area contributed by atoms with E-state index in [1.165, 1.54) is 14.9 Å². The molecule has 48 heavy (non-hydrogen) atoms. The second-order valence-electron chi connectivity index (χ2n) is 13.2. The number of H-pyrrole nitrogens is 1. The lowest BCUT2D eigenvalue weighted by Crippen LogP contribution is -2.68. The Balaban J connectivity index is 1.37. The Morgan fingerprint density at radius 3 is 2.02 bits per heavy atom. The van der Waals surface area contributed by atoms with Crippen LogP contribution in [0.1, 0.15) is 61.2 Å². The molecular weight excluding hydrogens is 613 g/mol. The summed E-state index contributed by atoms with van der Waals surface area (Å²) >= 11 is 0. The molecule has 0 bridgehead atoms. The fourth-order valence-electron chi connectivity index (χ4n) is 6.51. The zero-order chi connectivity index (χ0) is 34.3. The average molecular weight is 657 g/mol. The quantitative estimate of drug-likeness (QED) is 0.109. The van der Waals surface area contributed by atoms with Crippen molar-refractivity contribution in [3.63, 3.8) is 0 Å². The largest absolute Gasteiger partial charge is 0.534 e. The van der Waals surface area contributed by atoms with Crippen LogP contribution in [0.15, 0.2) is 113 Å². The summed E-state index contributed by atoms with van der Waals surface area (Å²) in [5.74, 6) is 7.06. The summed E-state index contributed by atoms with van der Waals surface area (Å²) in [6.45, 7) is 12.9. The molecule has 0 saturated heterocycles. The van der Waals surface area contributed by atoms with E-state index >= 15 is 0 Å². The first-order valence-electron chi connectivity index (χ1n) is 16.4. The standard InChI is InChI=1S/C41H44N2O4Si/c1-7-37-38(28-33-25-30(2)24-31(3)26-33)43(40(45)42-39(37)44)29-46-23-15-17-32-16-14-18-34(27-32)47-48(41(4,5)6,35-19-10-8-11-20-35)36-21-12-9-13-22-36/h8-14,16,18-22,24-27H,7,23,28-29H2,1-6H3,(H,42,44,45). The lowest BCUT2D eigenvalue weighted by atomic mass is 10.0. The van der Waals surface area contributed by atoms with Crippen LogP contribution in [-0.4, -0.2) is 24.5 Å². The van der Waals surface area contributed by atoms with E-state index in [0.29, 0.717) is 24.1 Å². The van der Waals surface area contributed by atoms with E-state index in [1.807, 2.05) is 57.2 Å². The van der Waals surface area contributed by atoms with Crippen molar-refractivity contribution in [2.45, 2.75) is 66.2 Å². The highest BCUT2D eigenvalue weighted by Gasteiger charge is 2.52. The van der Waals surface area contributed by atoms with Gasteiger partial charge in [-0.05, 0) is 59.4 Å². The molecule has 0 amide bonds. The molecule has 246 valence electrons. The Morgan fingerprint density at radius 2 is 1.44 bits per heavy atom. The van der Waals surface area contributed by atoms with Crippen molar-refractivity contribution in [1.29, 1.82) is 0 Å². The van der Waals surface area contributed by atoms with E-state index in [9.17, 15) is 9.59 Å². The molecule has 0 atom stereocenters. The first kappa shape index (κ1) is 34.4. The van der Waals surface area contributed by atoms with Crippen molar-refractivity contribution in [2.24, 2.45) is 0 Å². The average Bonchev–Trinajstić information content (AvgIpc) is 3.05. The Hall–Kier alpha value is -4.90. The predicted molar refractivity (Wildman–Crippen MR) is 197 cm³/mol. The molecule has 5 rings (SSSR count). The summed E-state index contributed by atoms with van der Waals surface area (Å²) in [6, 6.07) is 35.2. The maximum atomic E-state index is 12.9. The van der Waals surface area contributed by atoms with E-state index in [4.69, 9.17) is 9.16 Å². The molecule has 4 aromatic carbocycles. The molecule has 1 heterocycles. The summed E-state index contributed by atoms with van der Waals surface area (Å²) in [5, 5.41) is 2.24. The number of aromatic amines is 1. The third-order valence-electron chi connectivity index (χ3n) is 8.57. The molecule has 0 aliphatic heterocycles. The summed E-state index contributed by atoms with van der Waals surface area (Å²) in [5.41, 5.74) is 4.53. The highest BCUT2D eigenvalue weighted by atomic mass is 28.4. The first-order valence-corrected chi connectivity index (χ1v) is 18.3. The van der Waals surface area contributed by atoms with Gasteiger partial charge >= 0.3 is 14.0 Å². The molecule has 0 radical (unpaired) electrons. The molecule has 0 aliphatic carbocycles. The molecule has 6 nitrogen and oxygen atoms in total. The van der Waals surface area contributed by atoms with Gasteiger partial charge in [-0.3, -0.25) is 14.3 Å². The number of aryl methyl sites for hydroxylation is 2. The van der Waals surface area contributed by atoms with Crippen LogP contribution in [0.25, 0.3) is 0 Å². The van der Waals surface area contributed by atoms with Gasteiger partial charge in [-0.15, -0.1) is 0 Å². The van der Waals surface area contributed by atoms with Gasteiger partial charge in [0.25, 0.3) is 5.56 Å². The fourth-order valence-corrected chi connectivity index (χ4v) is 10.9. The summed E-state index contributed by atoms with van der Waals surface area (Å²) in [4.78, 5) is 28.1. The number of rotatable bonds is 10. The number of benzene rings is 4. The van der Waals surface area contributed by atoms with Crippen molar-refractivity contribution in [3.8, 4) is 17.6 Å². The minimum atomic E-state index is -2.78. The molecule has 0 saturated carbocycles. The summed E-state index contributed by atoms with van der Waals surface area (Å²) < 4.78 is 14.6. The molecule has 1 aromatic heterocycles. The summed E-state index contributed by atoms with van der Waals surface area (Å²) in [6.07, 6.45) is 0.958. The number of aromatic nitrogens is 2. The van der Waals surface area contributed by atoms with Crippen molar-refractivity contribution in [2.75, 3.05) is 6.61 Å². The van der Waals surface area contributed by atoms with E-state index in [0.717, 1.165) is 28.0 Å². The smallest absolute Gasteiger partial charge is 0.330 e. The van der Waals surface area contributed by atoms with Gasteiger partial charge < -0.3 is 9.16 Å². The topological polar surface area (TPSA) is 73.3 Å². The molecular formula is C41H44N2O4Si. The van der Waals surface area contributed by atoms with E-state index in [-0.39, 0.29) is 23.9 Å². The van der Waals surface area contributed by atoms with Crippen LogP contribution in [-0.2, 0) is 24.3 Å². The molecule has 7 heteroatoms. The van der Waals surface area contributed by atoms with Crippen LogP contribution in [0.4, 0.5) is 0 Å². The van der Waals surface area contributed by atoms with Crippen molar-refractivity contribution in [3.05, 3.63) is 157 Å². The maximum Gasteiger partial charge on any atom is 0.330 e. The minimum absolute atomic E-state index is 0.0194. The zero-order valence-corrected chi connectivity index (χ0v) is 29.7. The second kappa shape index (κ2) is 14.9. The molecule has 0 unspecified atom stereocenters. The molecule has 0 spiro atoms. The van der Waals surface area contributed by atoms with E-state index in [1.54, 1.807) is 0 Å². The van der Waals surface area contributed by atoms with Gasteiger partial charge in [0, 0.05) is 23.2 Å². The molecule has 0 fully saturated rings. The van der Waals surface area contributed by atoms with Gasteiger partial charge in [0.15, 0.2) is 0 Å². The predicted octanol–water partition coefficient (Wildman–Crippen LogP) is 6.27. The number of ether oxygens (including phenoxy) is 1. The van der Waals surface area contributed by atoms with E-state index < -0.39 is 14.0 Å². The van der Waals surface area contributed by atoms with Crippen molar-refractivity contribution < 1.29 is 9.16 Å². The lowest BCUT2D eigenvalue weighted by Gasteiger charge is -2.43. The minimum Gasteiger partial charge on any atom is -0.534 e. The number of nitrogens with zero attached hydrogens (tertiary/aromatic N) is 1. The Labute approximate surface area is 284 Å². The Kier molecular flexibility index (Phi) is 10.7. The highest BCUT2D eigenvalue weighted by molar-refractivity contribution is 7.00. The van der Waals surface area contributed by atoms with Gasteiger partial charge in [-0.1, -0.05) is 136 Å². The van der Waals surface area contributed by atoms with Gasteiger partial charge in [0.1, 0.15) is 19.1 Å². The first-order chi connectivity index (χ1) is 23.0. The third-order valence-corrected chi connectivity index (χ3v) is 13.5. The molecule has 1 N–H and O–H groups in total. The van der Waals surface area contributed by atoms with E-state index in [2.05, 4.69) is 104 Å². The summed E-state index contributed by atoms with van der Waals surface area (Å²) in [7, 11) is -2.78. The maximum absolute atomic E-state index is 12.9. The van der Waals surface area contributed by atoms with Crippen LogP contribution in [0.5, 0.6) is 5.75 Å². The number of hydrogen-bond donors (Lipinski definition) is 1. The Morgan fingerprint density at radius 1 is 0.812 bits per heavy atom. The van der Waals surface area contributed by atoms with Crippen LogP contribution < -0.4 is 26.0 Å². The van der Waals surface area contributed by atoms with Crippen LogP contribution >= 0.6 is 0 Å². The zero-order valence-electron chi connectivity index (χ0n) is 28.7. The third kappa shape index (κ3) is 7.62. The van der Waals surface area contributed by atoms with Gasteiger partial charge in [-0.25, -0.2) is 4.79 Å². The lowest BCUT2D eigenvalue weighted by molar-refractivity contribution is 0.0980. The van der Waals surface area contributed by atoms with Gasteiger partial charge in [-0.2, -0.15) is 0 Å². The molecule has 5 aromatic rings. The van der Waals surface area contributed by atoms with Crippen LogP contribution in [0.3, 0.4) is 0 Å². The highest BCUT2D eigenvalue weighted by Crippen LogP contribution is 2.37. The normalized spacial score (nSPS) is 11.5. The number of hydrogen-bond acceptors (Lipinski definition) is 4. The Bertz CT molecular complexity index is 1990. The van der Waals surface area contributed by atoms with Crippen LogP contribution in [0.2, 0.25) is 5.04 Å². The monoisotopic (exact) mass is 656 g/mol. The fraction of sp³-hybridized carbons (Fsp3) is 0.268.